The van der Waals surface area contributed by atoms with Crippen LogP contribution in [0.5, 0.6) is 5.75 Å². The first kappa shape index (κ1) is 12.4. The molecule has 0 fully saturated rings. The molecule has 1 heterocycles. The standard InChI is InChI=1S/C13H16N2O3/c1-4-5-10-14-11-8(13(16)18-3)6-7-9(17-2)12(11)15-10/h6-7H,4-5H2,1-3H3,(H,14,15). The Morgan fingerprint density at radius 1 is 1.39 bits per heavy atom. The molecule has 96 valence electrons. The van der Waals surface area contributed by atoms with E-state index >= 15 is 0 Å². The van der Waals surface area contributed by atoms with Gasteiger partial charge in [0.05, 0.1) is 19.8 Å². The lowest BCUT2D eigenvalue weighted by atomic mass is 10.1. The molecule has 1 aromatic heterocycles. The molecule has 5 nitrogen and oxygen atoms in total. The summed E-state index contributed by atoms with van der Waals surface area (Å²) in [5, 5.41) is 0. The number of imidazole rings is 1. The fourth-order valence-electron chi connectivity index (χ4n) is 1.92. The summed E-state index contributed by atoms with van der Waals surface area (Å²) in [5.74, 6) is 1.13. The summed E-state index contributed by atoms with van der Waals surface area (Å²) in [6.45, 7) is 2.08. The van der Waals surface area contributed by atoms with Crippen LogP contribution in [0.1, 0.15) is 29.5 Å². The third-order valence-corrected chi connectivity index (χ3v) is 2.77. The van der Waals surface area contributed by atoms with Crippen LogP contribution in [0.2, 0.25) is 0 Å². The summed E-state index contributed by atoms with van der Waals surface area (Å²) >= 11 is 0. The number of ether oxygens (including phenoxy) is 2. The van der Waals surface area contributed by atoms with Crippen LogP contribution in [-0.4, -0.2) is 30.2 Å². The number of hydrogen-bond acceptors (Lipinski definition) is 4. The number of nitrogens with one attached hydrogen (secondary N) is 1. The lowest BCUT2D eigenvalue weighted by molar-refractivity contribution is 0.0603. The Hall–Kier alpha value is -2.04. The van der Waals surface area contributed by atoms with E-state index in [2.05, 4.69) is 16.9 Å². The number of methoxy groups -OCH3 is 2. The molecule has 0 spiro atoms. The van der Waals surface area contributed by atoms with Gasteiger partial charge in [0.1, 0.15) is 22.6 Å². The van der Waals surface area contributed by atoms with Gasteiger partial charge in [-0.2, -0.15) is 0 Å². The molecule has 1 N–H and O–H groups in total. The minimum atomic E-state index is -0.391. The van der Waals surface area contributed by atoms with E-state index in [-0.39, 0.29) is 0 Å². The second kappa shape index (κ2) is 5.08. The van der Waals surface area contributed by atoms with Gasteiger partial charge in [0.2, 0.25) is 0 Å². The summed E-state index contributed by atoms with van der Waals surface area (Å²) in [4.78, 5) is 19.3. The molecule has 0 amide bonds. The zero-order chi connectivity index (χ0) is 13.1. The molecule has 0 radical (unpaired) electrons. The maximum absolute atomic E-state index is 11.7. The van der Waals surface area contributed by atoms with E-state index in [1.54, 1.807) is 19.2 Å². The summed E-state index contributed by atoms with van der Waals surface area (Å²) < 4.78 is 10.0. The van der Waals surface area contributed by atoms with Crippen molar-refractivity contribution >= 4 is 17.0 Å². The lowest BCUT2D eigenvalue weighted by Gasteiger charge is -2.04. The maximum Gasteiger partial charge on any atom is 0.340 e. The number of benzene rings is 1. The van der Waals surface area contributed by atoms with Gasteiger partial charge in [-0.3, -0.25) is 0 Å². The minimum absolute atomic E-state index is 0.391. The molecule has 0 unspecified atom stereocenters. The zero-order valence-electron chi connectivity index (χ0n) is 10.7. The Labute approximate surface area is 105 Å². The number of hydrogen-bond donors (Lipinski definition) is 1. The Morgan fingerprint density at radius 3 is 2.78 bits per heavy atom. The van der Waals surface area contributed by atoms with Crippen molar-refractivity contribution in [1.82, 2.24) is 9.97 Å². The van der Waals surface area contributed by atoms with Crippen molar-refractivity contribution in [2.75, 3.05) is 14.2 Å². The SMILES string of the molecule is CCCc1nc2c(C(=O)OC)ccc(OC)c2[nH]1. The Bertz CT molecular complexity index is 575. The van der Waals surface area contributed by atoms with Crippen LogP contribution in [0.25, 0.3) is 11.0 Å². The van der Waals surface area contributed by atoms with E-state index in [4.69, 9.17) is 9.47 Å². The predicted molar refractivity (Wildman–Crippen MR) is 68.0 cm³/mol. The number of nitrogens with zero attached hydrogens (tertiary/aromatic N) is 1. The van der Waals surface area contributed by atoms with Crippen molar-refractivity contribution in [3.63, 3.8) is 0 Å². The van der Waals surface area contributed by atoms with Crippen LogP contribution in [-0.2, 0) is 11.2 Å². The molecule has 0 aliphatic rings. The summed E-state index contributed by atoms with van der Waals surface area (Å²) in [7, 11) is 2.95. The average Bonchev–Trinajstić information content (AvgIpc) is 2.80. The van der Waals surface area contributed by atoms with Gasteiger partial charge >= 0.3 is 5.97 Å². The number of aromatic amines is 1. The quantitative estimate of drug-likeness (QED) is 0.843. The predicted octanol–water partition coefficient (Wildman–Crippen LogP) is 2.31. The van der Waals surface area contributed by atoms with Crippen molar-refractivity contribution in [1.29, 1.82) is 0 Å². The first-order chi connectivity index (χ1) is 8.71. The highest BCUT2D eigenvalue weighted by Crippen LogP contribution is 2.27. The number of rotatable bonds is 4. The van der Waals surface area contributed by atoms with E-state index in [1.165, 1.54) is 7.11 Å². The van der Waals surface area contributed by atoms with E-state index in [9.17, 15) is 4.79 Å². The summed E-state index contributed by atoms with van der Waals surface area (Å²) in [5.41, 5.74) is 1.79. The molecular weight excluding hydrogens is 232 g/mol. The second-order valence-electron chi connectivity index (χ2n) is 3.96. The fraction of sp³-hybridized carbons (Fsp3) is 0.385. The van der Waals surface area contributed by atoms with Gasteiger partial charge in [-0.1, -0.05) is 6.92 Å². The zero-order valence-corrected chi connectivity index (χ0v) is 10.7. The number of H-pyrrole nitrogens is 1. The second-order valence-corrected chi connectivity index (χ2v) is 3.96. The topological polar surface area (TPSA) is 64.2 Å². The smallest absolute Gasteiger partial charge is 0.340 e. The molecule has 2 aromatic rings. The number of esters is 1. The monoisotopic (exact) mass is 248 g/mol. The summed E-state index contributed by atoms with van der Waals surface area (Å²) in [6.07, 6.45) is 1.81. The van der Waals surface area contributed by atoms with Crippen LogP contribution in [0.3, 0.4) is 0 Å². The number of carbonyl (C=O) groups is 1. The van der Waals surface area contributed by atoms with Crippen LogP contribution in [0, 0.1) is 0 Å². The Kier molecular flexibility index (Phi) is 3.50. The Morgan fingerprint density at radius 2 is 2.17 bits per heavy atom. The molecule has 0 aliphatic carbocycles. The maximum atomic E-state index is 11.7. The van der Waals surface area contributed by atoms with Gasteiger partial charge in [0.25, 0.3) is 0 Å². The van der Waals surface area contributed by atoms with Crippen LogP contribution < -0.4 is 4.74 Å². The molecule has 2 rings (SSSR count). The molecule has 0 saturated carbocycles. The first-order valence-corrected chi connectivity index (χ1v) is 5.85. The average molecular weight is 248 g/mol. The molecule has 0 atom stereocenters. The van der Waals surface area contributed by atoms with Gasteiger partial charge < -0.3 is 14.5 Å². The number of aryl methyl sites for hydroxylation is 1. The van der Waals surface area contributed by atoms with Crippen molar-refractivity contribution in [2.24, 2.45) is 0 Å². The summed E-state index contributed by atoms with van der Waals surface area (Å²) in [6, 6.07) is 3.41. The van der Waals surface area contributed by atoms with E-state index in [1.807, 2.05) is 0 Å². The fourth-order valence-corrected chi connectivity index (χ4v) is 1.92. The highest BCUT2D eigenvalue weighted by Gasteiger charge is 2.17. The van der Waals surface area contributed by atoms with Crippen molar-refractivity contribution < 1.29 is 14.3 Å². The normalized spacial score (nSPS) is 10.6. The van der Waals surface area contributed by atoms with Gasteiger partial charge in [-0.25, -0.2) is 9.78 Å². The molecule has 0 bridgehead atoms. The number of carbonyl (C=O) groups excluding carboxylic acids is 1. The van der Waals surface area contributed by atoms with E-state index in [0.717, 1.165) is 24.2 Å². The van der Waals surface area contributed by atoms with Crippen molar-refractivity contribution in [3.8, 4) is 5.75 Å². The Balaban J connectivity index is 2.63. The number of fused-ring (bicyclic) bond motifs is 1. The largest absolute Gasteiger partial charge is 0.494 e. The highest BCUT2D eigenvalue weighted by atomic mass is 16.5. The molecule has 18 heavy (non-hydrogen) atoms. The first-order valence-electron chi connectivity index (χ1n) is 5.85. The van der Waals surface area contributed by atoms with Crippen LogP contribution in [0.15, 0.2) is 12.1 Å². The lowest BCUT2D eigenvalue weighted by Crippen LogP contribution is -2.02. The minimum Gasteiger partial charge on any atom is -0.494 e. The molecule has 5 heteroatoms. The van der Waals surface area contributed by atoms with E-state index < -0.39 is 5.97 Å². The van der Waals surface area contributed by atoms with Crippen LogP contribution >= 0.6 is 0 Å². The third kappa shape index (κ3) is 2.03. The van der Waals surface area contributed by atoms with E-state index in [0.29, 0.717) is 16.8 Å². The molecule has 0 saturated heterocycles. The van der Waals surface area contributed by atoms with Gasteiger partial charge in [-0.15, -0.1) is 0 Å². The highest BCUT2D eigenvalue weighted by molar-refractivity contribution is 6.03. The van der Waals surface area contributed by atoms with Crippen molar-refractivity contribution in [2.45, 2.75) is 19.8 Å². The van der Waals surface area contributed by atoms with Gasteiger partial charge in [0, 0.05) is 6.42 Å². The van der Waals surface area contributed by atoms with Crippen LogP contribution in [0.4, 0.5) is 0 Å². The molecular formula is C13H16N2O3. The number of aromatic nitrogens is 2. The van der Waals surface area contributed by atoms with Crippen molar-refractivity contribution in [3.05, 3.63) is 23.5 Å². The molecule has 1 aromatic carbocycles. The molecule has 0 aliphatic heterocycles. The van der Waals surface area contributed by atoms with Gasteiger partial charge in [-0.05, 0) is 18.6 Å². The third-order valence-electron chi connectivity index (χ3n) is 2.77. The van der Waals surface area contributed by atoms with Gasteiger partial charge in [0.15, 0.2) is 0 Å².